The molecular weight excluding hydrogens is 250 g/mol. The van der Waals surface area contributed by atoms with Crippen LogP contribution in [-0.2, 0) is 13.2 Å². The number of nitrogens with one attached hydrogen (secondary N) is 1. The van der Waals surface area contributed by atoms with Crippen LogP contribution in [0.1, 0.15) is 35.5 Å². The third-order valence-electron chi connectivity index (χ3n) is 3.63. The van der Waals surface area contributed by atoms with E-state index in [4.69, 9.17) is 9.15 Å². The van der Waals surface area contributed by atoms with E-state index in [1.807, 2.05) is 31.2 Å². The van der Waals surface area contributed by atoms with Crippen molar-refractivity contribution in [1.82, 2.24) is 5.32 Å². The minimum absolute atomic E-state index is 0.479. The SMILES string of the molecule is Cc1ccc(OCc2cc(CNC3CC3)c(C)o2)cc1. The standard InChI is InChI=1S/C17H21NO2/c1-12-3-7-16(8-4-12)19-11-17-9-14(13(2)20-17)10-18-15-5-6-15/h3-4,7-9,15,18H,5-6,10-11H2,1-2H3. The first-order valence-electron chi connectivity index (χ1n) is 7.22. The zero-order chi connectivity index (χ0) is 13.9. The fourth-order valence-corrected chi connectivity index (χ4v) is 2.16. The second-order valence-electron chi connectivity index (χ2n) is 5.55. The highest BCUT2D eigenvalue weighted by Crippen LogP contribution is 2.22. The molecule has 1 fully saturated rings. The molecule has 20 heavy (non-hydrogen) atoms. The highest BCUT2D eigenvalue weighted by atomic mass is 16.5. The molecule has 0 unspecified atom stereocenters. The van der Waals surface area contributed by atoms with Crippen molar-refractivity contribution in [1.29, 1.82) is 0 Å². The van der Waals surface area contributed by atoms with Gasteiger partial charge in [0.1, 0.15) is 23.9 Å². The summed E-state index contributed by atoms with van der Waals surface area (Å²) in [6.45, 7) is 5.45. The molecule has 1 aromatic carbocycles. The third-order valence-corrected chi connectivity index (χ3v) is 3.63. The summed E-state index contributed by atoms with van der Waals surface area (Å²) in [5.74, 6) is 2.75. The Morgan fingerprint density at radius 1 is 1.20 bits per heavy atom. The van der Waals surface area contributed by atoms with Gasteiger partial charge in [-0.15, -0.1) is 0 Å². The minimum atomic E-state index is 0.479. The first-order chi connectivity index (χ1) is 9.70. The summed E-state index contributed by atoms with van der Waals surface area (Å²) in [5, 5.41) is 3.51. The van der Waals surface area contributed by atoms with Gasteiger partial charge in [-0.25, -0.2) is 0 Å². The van der Waals surface area contributed by atoms with E-state index in [1.165, 1.54) is 24.0 Å². The predicted octanol–water partition coefficient (Wildman–Crippen LogP) is 3.73. The van der Waals surface area contributed by atoms with Crippen LogP contribution < -0.4 is 10.1 Å². The highest BCUT2D eigenvalue weighted by molar-refractivity contribution is 5.27. The number of furan rings is 1. The van der Waals surface area contributed by atoms with Gasteiger partial charge in [-0.3, -0.25) is 0 Å². The summed E-state index contributed by atoms with van der Waals surface area (Å²) >= 11 is 0. The van der Waals surface area contributed by atoms with Gasteiger partial charge in [0.2, 0.25) is 0 Å². The maximum atomic E-state index is 5.75. The first-order valence-corrected chi connectivity index (χ1v) is 7.22. The molecular formula is C17H21NO2. The van der Waals surface area contributed by atoms with Gasteiger partial charge in [0, 0.05) is 18.2 Å². The molecule has 0 spiro atoms. The third kappa shape index (κ3) is 3.42. The summed E-state index contributed by atoms with van der Waals surface area (Å²) in [7, 11) is 0. The van der Waals surface area contributed by atoms with Crippen molar-refractivity contribution >= 4 is 0 Å². The lowest BCUT2D eigenvalue weighted by Crippen LogP contribution is -2.15. The number of ether oxygens (including phenoxy) is 1. The second-order valence-corrected chi connectivity index (χ2v) is 5.55. The van der Waals surface area contributed by atoms with Gasteiger partial charge in [0.15, 0.2) is 0 Å². The average Bonchev–Trinajstić information content (AvgIpc) is 3.20. The van der Waals surface area contributed by atoms with Crippen molar-refractivity contribution < 1.29 is 9.15 Å². The number of hydrogen-bond donors (Lipinski definition) is 1. The number of hydrogen-bond acceptors (Lipinski definition) is 3. The van der Waals surface area contributed by atoms with E-state index in [2.05, 4.69) is 18.3 Å². The van der Waals surface area contributed by atoms with E-state index in [1.54, 1.807) is 0 Å². The molecule has 3 rings (SSSR count). The summed E-state index contributed by atoms with van der Waals surface area (Å²) in [4.78, 5) is 0. The first kappa shape index (κ1) is 13.3. The molecule has 1 N–H and O–H groups in total. The quantitative estimate of drug-likeness (QED) is 0.869. The average molecular weight is 271 g/mol. The Morgan fingerprint density at radius 3 is 2.65 bits per heavy atom. The number of benzene rings is 1. The Balaban J connectivity index is 1.56. The van der Waals surface area contributed by atoms with Gasteiger partial charge in [-0.2, -0.15) is 0 Å². The maximum absolute atomic E-state index is 5.75. The van der Waals surface area contributed by atoms with Crippen LogP contribution in [0.4, 0.5) is 0 Å². The van der Waals surface area contributed by atoms with Crippen molar-refractivity contribution in [2.24, 2.45) is 0 Å². The smallest absolute Gasteiger partial charge is 0.146 e. The molecule has 1 heterocycles. The molecule has 0 aliphatic heterocycles. The van der Waals surface area contributed by atoms with E-state index < -0.39 is 0 Å². The fourth-order valence-electron chi connectivity index (χ4n) is 2.16. The highest BCUT2D eigenvalue weighted by Gasteiger charge is 2.20. The lowest BCUT2D eigenvalue weighted by molar-refractivity contribution is 0.267. The topological polar surface area (TPSA) is 34.4 Å². The Bertz CT molecular complexity index is 567. The molecule has 1 saturated carbocycles. The molecule has 1 aliphatic rings. The van der Waals surface area contributed by atoms with Crippen molar-refractivity contribution in [2.75, 3.05) is 0 Å². The van der Waals surface area contributed by atoms with E-state index in [0.29, 0.717) is 6.61 Å². The molecule has 0 atom stereocenters. The normalized spacial score (nSPS) is 14.5. The minimum Gasteiger partial charge on any atom is -0.486 e. The second kappa shape index (κ2) is 5.71. The summed E-state index contributed by atoms with van der Waals surface area (Å²) in [5.41, 5.74) is 2.47. The predicted molar refractivity (Wildman–Crippen MR) is 78.8 cm³/mol. The zero-order valence-electron chi connectivity index (χ0n) is 12.1. The largest absolute Gasteiger partial charge is 0.486 e. The van der Waals surface area contributed by atoms with Crippen molar-refractivity contribution in [3.63, 3.8) is 0 Å². The van der Waals surface area contributed by atoms with Gasteiger partial charge < -0.3 is 14.5 Å². The van der Waals surface area contributed by atoms with Crippen LogP contribution in [0.15, 0.2) is 34.7 Å². The van der Waals surface area contributed by atoms with Crippen LogP contribution >= 0.6 is 0 Å². The number of aryl methyl sites for hydroxylation is 2. The molecule has 0 amide bonds. The van der Waals surface area contributed by atoms with Crippen LogP contribution in [0.2, 0.25) is 0 Å². The molecule has 1 aromatic heterocycles. The van der Waals surface area contributed by atoms with Crippen LogP contribution in [0.5, 0.6) is 5.75 Å². The Kier molecular flexibility index (Phi) is 3.79. The zero-order valence-corrected chi connectivity index (χ0v) is 12.1. The van der Waals surface area contributed by atoms with Gasteiger partial charge in [-0.05, 0) is 44.9 Å². The van der Waals surface area contributed by atoms with Gasteiger partial charge in [0.25, 0.3) is 0 Å². The monoisotopic (exact) mass is 271 g/mol. The van der Waals surface area contributed by atoms with E-state index in [-0.39, 0.29) is 0 Å². The molecule has 106 valence electrons. The molecule has 0 radical (unpaired) electrons. The maximum Gasteiger partial charge on any atom is 0.146 e. The fraction of sp³-hybridized carbons (Fsp3) is 0.412. The summed E-state index contributed by atoms with van der Waals surface area (Å²) < 4.78 is 11.5. The molecule has 1 aliphatic carbocycles. The Labute approximate surface area is 119 Å². The van der Waals surface area contributed by atoms with Gasteiger partial charge >= 0.3 is 0 Å². The van der Waals surface area contributed by atoms with Crippen LogP contribution in [0.25, 0.3) is 0 Å². The molecule has 3 nitrogen and oxygen atoms in total. The number of rotatable bonds is 6. The van der Waals surface area contributed by atoms with Crippen LogP contribution in [-0.4, -0.2) is 6.04 Å². The van der Waals surface area contributed by atoms with Gasteiger partial charge in [0.05, 0.1) is 0 Å². The summed E-state index contributed by atoms with van der Waals surface area (Å²) in [6.07, 6.45) is 2.61. The lowest BCUT2D eigenvalue weighted by Gasteiger charge is -2.03. The Hall–Kier alpha value is -1.74. The van der Waals surface area contributed by atoms with Gasteiger partial charge in [-0.1, -0.05) is 17.7 Å². The Morgan fingerprint density at radius 2 is 1.95 bits per heavy atom. The van der Waals surface area contributed by atoms with Crippen molar-refractivity contribution in [3.05, 3.63) is 53.0 Å². The lowest BCUT2D eigenvalue weighted by atomic mass is 10.2. The van der Waals surface area contributed by atoms with Crippen LogP contribution in [0.3, 0.4) is 0 Å². The van der Waals surface area contributed by atoms with Crippen molar-refractivity contribution in [2.45, 2.75) is 45.9 Å². The van der Waals surface area contributed by atoms with E-state index in [9.17, 15) is 0 Å². The summed E-state index contributed by atoms with van der Waals surface area (Å²) in [6, 6.07) is 10.9. The van der Waals surface area contributed by atoms with Crippen LogP contribution in [0, 0.1) is 13.8 Å². The molecule has 3 heteroatoms. The molecule has 0 bridgehead atoms. The van der Waals surface area contributed by atoms with E-state index in [0.717, 1.165) is 29.9 Å². The van der Waals surface area contributed by atoms with Crippen molar-refractivity contribution in [3.8, 4) is 5.75 Å². The molecule has 0 saturated heterocycles. The van der Waals surface area contributed by atoms with E-state index >= 15 is 0 Å². The molecule has 2 aromatic rings.